The largest absolute Gasteiger partial charge is 0.478 e. The zero-order valence-electron chi connectivity index (χ0n) is 10.2. The fourth-order valence-electron chi connectivity index (χ4n) is 1.56. The summed E-state index contributed by atoms with van der Waals surface area (Å²) in [5, 5.41) is 11.4. The van der Waals surface area contributed by atoms with Gasteiger partial charge in [-0.15, -0.1) is 11.3 Å². The van der Waals surface area contributed by atoms with Crippen molar-refractivity contribution in [2.24, 2.45) is 0 Å². The van der Waals surface area contributed by atoms with Gasteiger partial charge in [0.25, 0.3) is 5.91 Å². The molecule has 0 aliphatic rings. The van der Waals surface area contributed by atoms with Gasteiger partial charge in [-0.1, -0.05) is 0 Å². The number of benzene rings is 1. The van der Waals surface area contributed by atoms with E-state index in [1.165, 1.54) is 11.3 Å². The molecule has 1 aromatic carbocycles. The Bertz CT molecular complexity index is 679. The number of carbonyl (C=O) groups is 2. The maximum Gasteiger partial charge on any atom is 0.337 e. The monoisotopic (exact) mass is 357 g/mol. The number of carboxylic acid groups (broad SMARTS) is 1. The highest BCUT2D eigenvalue weighted by molar-refractivity contribution is 9.11. The van der Waals surface area contributed by atoms with Crippen molar-refractivity contribution in [2.75, 3.05) is 5.32 Å². The Kier molecular flexibility index (Phi) is 4.20. The van der Waals surface area contributed by atoms with Crippen molar-refractivity contribution < 1.29 is 19.1 Å². The molecule has 104 valence electrons. The molecule has 0 unspecified atom stereocenters. The molecule has 4 nitrogen and oxygen atoms in total. The minimum atomic E-state index is -1.23. The number of hydrogen-bond acceptors (Lipinski definition) is 3. The molecule has 0 aliphatic heterocycles. The van der Waals surface area contributed by atoms with Crippen LogP contribution in [0.15, 0.2) is 28.1 Å². The number of halogens is 2. The molecular formula is C13H9BrFNO3S. The first kappa shape index (κ1) is 14.7. The second-order valence-electron chi connectivity index (χ2n) is 4.02. The number of carboxylic acids is 1. The zero-order chi connectivity index (χ0) is 14.9. The van der Waals surface area contributed by atoms with Gasteiger partial charge in [0.15, 0.2) is 0 Å². The van der Waals surface area contributed by atoms with E-state index in [1.807, 2.05) is 6.92 Å². The number of carbonyl (C=O) groups excluding carboxylic acids is 1. The highest BCUT2D eigenvalue weighted by Gasteiger charge is 2.16. The summed E-state index contributed by atoms with van der Waals surface area (Å²) in [6.07, 6.45) is 0. The van der Waals surface area contributed by atoms with Crippen molar-refractivity contribution in [1.29, 1.82) is 0 Å². The van der Waals surface area contributed by atoms with Crippen LogP contribution in [0.3, 0.4) is 0 Å². The van der Waals surface area contributed by atoms with E-state index in [1.54, 1.807) is 6.07 Å². The van der Waals surface area contributed by atoms with Crippen LogP contribution in [0, 0.1) is 12.7 Å². The molecule has 1 aromatic heterocycles. The molecule has 0 saturated heterocycles. The fourth-order valence-corrected chi connectivity index (χ4v) is 2.99. The average Bonchev–Trinajstić information content (AvgIpc) is 2.69. The molecule has 0 radical (unpaired) electrons. The van der Waals surface area contributed by atoms with E-state index < -0.39 is 17.7 Å². The van der Waals surface area contributed by atoms with Gasteiger partial charge in [0, 0.05) is 0 Å². The van der Waals surface area contributed by atoms with Crippen molar-refractivity contribution in [3.8, 4) is 0 Å². The van der Waals surface area contributed by atoms with Gasteiger partial charge in [-0.05, 0) is 52.7 Å². The Morgan fingerprint density at radius 3 is 2.60 bits per heavy atom. The standard InChI is InChI=1S/C13H9BrFNO3S/c1-6-4-10(20-11(6)14)12(17)16-9-5-7(15)2-3-8(9)13(18)19/h2-5H,1H3,(H,16,17)(H,18,19). The van der Waals surface area contributed by atoms with Crippen LogP contribution in [0.4, 0.5) is 10.1 Å². The molecule has 0 fully saturated rings. The number of thiophene rings is 1. The Balaban J connectivity index is 2.32. The third-order valence-corrected chi connectivity index (χ3v) is 4.68. The molecule has 0 saturated carbocycles. The topological polar surface area (TPSA) is 66.4 Å². The molecule has 2 N–H and O–H groups in total. The number of amides is 1. The maximum atomic E-state index is 13.2. The molecule has 0 atom stereocenters. The number of aromatic carboxylic acids is 1. The average molecular weight is 358 g/mol. The summed E-state index contributed by atoms with van der Waals surface area (Å²) in [7, 11) is 0. The number of anilines is 1. The SMILES string of the molecule is Cc1cc(C(=O)Nc2cc(F)ccc2C(=O)O)sc1Br. The smallest absolute Gasteiger partial charge is 0.337 e. The Hall–Kier alpha value is -1.73. The normalized spacial score (nSPS) is 10.3. The number of hydrogen-bond donors (Lipinski definition) is 2. The van der Waals surface area contributed by atoms with Gasteiger partial charge < -0.3 is 10.4 Å². The number of aryl methyl sites for hydroxylation is 1. The van der Waals surface area contributed by atoms with Crippen molar-refractivity contribution in [3.05, 3.63) is 49.9 Å². The van der Waals surface area contributed by atoms with Gasteiger partial charge in [-0.25, -0.2) is 9.18 Å². The molecule has 0 bridgehead atoms. The lowest BCUT2D eigenvalue weighted by Gasteiger charge is -2.07. The Morgan fingerprint density at radius 1 is 1.35 bits per heavy atom. The summed E-state index contributed by atoms with van der Waals surface area (Å²) in [6, 6.07) is 4.80. The van der Waals surface area contributed by atoms with E-state index in [0.29, 0.717) is 4.88 Å². The predicted octanol–water partition coefficient (Wildman–Crippen LogP) is 3.91. The van der Waals surface area contributed by atoms with Crippen LogP contribution in [0.2, 0.25) is 0 Å². The van der Waals surface area contributed by atoms with E-state index in [2.05, 4.69) is 21.2 Å². The molecule has 1 heterocycles. The van der Waals surface area contributed by atoms with Gasteiger partial charge in [0.1, 0.15) is 5.82 Å². The summed E-state index contributed by atoms with van der Waals surface area (Å²) in [5.41, 5.74) is 0.676. The maximum absolute atomic E-state index is 13.2. The van der Waals surface area contributed by atoms with E-state index in [0.717, 1.165) is 27.5 Å². The fraction of sp³-hybridized carbons (Fsp3) is 0.0769. The lowest BCUT2D eigenvalue weighted by atomic mass is 10.1. The summed E-state index contributed by atoms with van der Waals surface area (Å²) in [5.74, 6) is -2.32. The molecule has 1 amide bonds. The first-order chi connectivity index (χ1) is 9.38. The van der Waals surface area contributed by atoms with E-state index in [-0.39, 0.29) is 11.3 Å². The first-order valence-corrected chi connectivity index (χ1v) is 7.09. The highest BCUT2D eigenvalue weighted by Crippen LogP contribution is 2.28. The summed E-state index contributed by atoms with van der Waals surface area (Å²) < 4.78 is 14.0. The summed E-state index contributed by atoms with van der Waals surface area (Å²) in [6.45, 7) is 1.84. The molecule has 20 heavy (non-hydrogen) atoms. The van der Waals surface area contributed by atoms with Crippen LogP contribution in [-0.2, 0) is 0 Å². The highest BCUT2D eigenvalue weighted by atomic mass is 79.9. The van der Waals surface area contributed by atoms with Gasteiger partial charge >= 0.3 is 5.97 Å². The van der Waals surface area contributed by atoms with Gasteiger partial charge in [-0.3, -0.25) is 4.79 Å². The quantitative estimate of drug-likeness (QED) is 0.874. The Morgan fingerprint density at radius 2 is 2.05 bits per heavy atom. The van der Waals surface area contributed by atoms with Crippen molar-refractivity contribution in [3.63, 3.8) is 0 Å². The van der Waals surface area contributed by atoms with Crippen molar-refractivity contribution >= 4 is 44.8 Å². The van der Waals surface area contributed by atoms with Gasteiger partial charge in [0.2, 0.25) is 0 Å². The predicted molar refractivity (Wildman–Crippen MR) is 78.1 cm³/mol. The zero-order valence-corrected chi connectivity index (χ0v) is 12.6. The minimum Gasteiger partial charge on any atom is -0.478 e. The number of rotatable bonds is 3. The van der Waals surface area contributed by atoms with Crippen molar-refractivity contribution in [2.45, 2.75) is 6.92 Å². The molecule has 2 aromatic rings. The minimum absolute atomic E-state index is 0.0651. The van der Waals surface area contributed by atoms with Crippen LogP contribution >= 0.6 is 27.3 Å². The van der Waals surface area contributed by atoms with Crippen LogP contribution in [0.25, 0.3) is 0 Å². The summed E-state index contributed by atoms with van der Waals surface area (Å²) >= 11 is 4.53. The first-order valence-electron chi connectivity index (χ1n) is 5.48. The van der Waals surface area contributed by atoms with E-state index in [4.69, 9.17) is 5.11 Å². The third kappa shape index (κ3) is 3.05. The lowest BCUT2D eigenvalue weighted by molar-refractivity contribution is 0.0698. The summed E-state index contributed by atoms with van der Waals surface area (Å²) in [4.78, 5) is 23.5. The van der Waals surface area contributed by atoms with Crippen molar-refractivity contribution in [1.82, 2.24) is 0 Å². The van der Waals surface area contributed by atoms with E-state index >= 15 is 0 Å². The van der Waals surface area contributed by atoms with Crippen LogP contribution in [0.1, 0.15) is 25.6 Å². The second-order valence-corrected chi connectivity index (χ2v) is 6.39. The molecule has 0 aliphatic carbocycles. The third-order valence-electron chi connectivity index (χ3n) is 2.54. The van der Waals surface area contributed by atoms with Crippen LogP contribution < -0.4 is 5.32 Å². The second kappa shape index (κ2) is 5.72. The Labute approximate surface area is 126 Å². The van der Waals surface area contributed by atoms with Crippen LogP contribution in [-0.4, -0.2) is 17.0 Å². The van der Waals surface area contributed by atoms with Gasteiger partial charge in [0.05, 0.1) is 19.9 Å². The molecule has 2 rings (SSSR count). The number of nitrogens with one attached hydrogen (secondary N) is 1. The molecule has 7 heteroatoms. The van der Waals surface area contributed by atoms with Crippen LogP contribution in [0.5, 0.6) is 0 Å². The lowest BCUT2D eigenvalue weighted by Crippen LogP contribution is -2.14. The molecule has 0 spiro atoms. The molecular weight excluding hydrogens is 349 g/mol. The van der Waals surface area contributed by atoms with E-state index in [9.17, 15) is 14.0 Å². The van der Waals surface area contributed by atoms with Gasteiger partial charge in [-0.2, -0.15) is 0 Å².